The largest absolute Gasteiger partial charge is 0.481 e. The lowest BCUT2D eigenvalue weighted by atomic mass is 9.95. The number of anilines is 1. The summed E-state index contributed by atoms with van der Waals surface area (Å²) < 4.78 is 20.2. The number of halogens is 1. The van der Waals surface area contributed by atoms with Crippen molar-refractivity contribution in [2.24, 2.45) is 0 Å². The minimum absolute atomic E-state index is 0.00605. The summed E-state index contributed by atoms with van der Waals surface area (Å²) in [5.74, 6) is -0.510. The standard InChI is InChI=1S/C25H26FN3O3/c1-16(18-6-2-5-17(11-18)12-23(30)31)14-29-24(19-7-3-8-20(26)13-19)22-15-28-21-9-4-10-27-25(21)32-22/h2-11,13,16,22,24,28-29H,12,14-15H2,1H3,(H,30,31)/t16?,22-,24-/m1/s1. The number of ether oxygens (including phenoxy) is 1. The van der Waals surface area contributed by atoms with Gasteiger partial charge in [0.25, 0.3) is 0 Å². The molecule has 0 saturated heterocycles. The first-order valence-corrected chi connectivity index (χ1v) is 10.6. The molecule has 0 amide bonds. The molecule has 2 heterocycles. The molecule has 0 radical (unpaired) electrons. The summed E-state index contributed by atoms with van der Waals surface area (Å²) in [7, 11) is 0. The predicted molar refractivity (Wildman–Crippen MR) is 120 cm³/mol. The van der Waals surface area contributed by atoms with Crippen molar-refractivity contribution in [2.75, 3.05) is 18.4 Å². The molecule has 1 aromatic heterocycles. The summed E-state index contributed by atoms with van der Waals surface area (Å²) in [4.78, 5) is 15.3. The summed E-state index contributed by atoms with van der Waals surface area (Å²) in [6.45, 7) is 3.23. The van der Waals surface area contributed by atoms with Gasteiger partial charge in [-0.2, -0.15) is 0 Å². The molecular formula is C25H26FN3O3. The topological polar surface area (TPSA) is 83.5 Å². The second kappa shape index (κ2) is 9.78. The number of aliphatic carboxylic acids is 1. The van der Waals surface area contributed by atoms with Crippen LogP contribution < -0.4 is 15.4 Å². The van der Waals surface area contributed by atoms with Crippen molar-refractivity contribution in [3.63, 3.8) is 0 Å². The van der Waals surface area contributed by atoms with Crippen LogP contribution in [0.4, 0.5) is 10.1 Å². The smallest absolute Gasteiger partial charge is 0.307 e. The zero-order valence-corrected chi connectivity index (χ0v) is 17.8. The van der Waals surface area contributed by atoms with Gasteiger partial charge in [-0.25, -0.2) is 9.37 Å². The highest BCUT2D eigenvalue weighted by Crippen LogP contribution is 2.31. The summed E-state index contributed by atoms with van der Waals surface area (Å²) in [6, 6.07) is 17.6. The number of pyridine rings is 1. The Balaban J connectivity index is 1.52. The van der Waals surface area contributed by atoms with Crippen LogP contribution in [0.3, 0.4) is 0 Å². The first-order chi connectivity index (χ1) is 15.5. The Morgan fingerprint density at radius 1 is 1.22 bits per heavy atom. The maximum absolute atomic E-state index is 14.0. The van der Waals surface area contributed by atoms with E-state index in [-0.39, 0.29) is 30.3 Å². The molecule has 1 aliphatic heterocycles. The molecule has 0 saturated carbocycles. The third-order valence-corrected chi connectivity index (χ3v) is 5.63. The summed E-state index contributed by atoms with van der Waals surface area (Å²) in [5, 5.41) is 16.0. The van der Waals surface area contributed by atoms with Crippen molar-refractivity contribution in [1.29, 1.82) is 0 Å². The molecule has 0 aliphatic carbocycles. The first-order valence-electron chi connectivity index (χ1n) is 10.6. The summed E-state index contributed by atoms with van der Waals surface area (Å²) in [5.41, 5.74) is 3.45. The molecule has 32 heavy (non-hydrogen) atoms. The molecule has 1 aliphatic rings. The van der Waals surface area contributed by atoms with Gasteiger partial charge in [-0.1, -0.05) is 43.3 Å². The van der Waals surface area contributed by atoms with Crippen molar-refractivity contribution < 1.29 is 19.0 Å². The van der Waals surface area contributed by atoms with Crippen LogP contribution in [0.1, 0.15) is 35.6 Å². The molecule has 0 bridgehead atoms. The van der Waals surface area contributed by atoms with Gasteiger partial charge in [0.1, 0.15) is 11.9 Å². The molecule has 7 heteroatoms. The first kappa shape index (κ1) is 21.8. The van der Waals surface area contributed by atoms with E-state index < -0.39 is 5.97 Å². The Labute approximate surface area is 186 Å². The van der Waals surface area contributed by atoms with Crippen LogP contribution in [0.2, 0.25) is 0 Å². The number of carbonyl (C=O) groups is 1. The van der Waals surface area contributed by atoms with E-state index in [2.05, 4.69) is 22.5 Å². The number of hydrogen-bond donors (Lipinski definition) is 3. The van der Waals surface area contributed by atoms with Gasteiger partial charge in [0.05, 0.1) is 24.7 Å². The lowest BCUT2D eigenvalue weighted by Crippen LogP contribution is -2.43. The molecular weight excluding hydrogens is 409 g/mol. The van der Waals surface area contributed by atoms with E-state index in [1.807, 2.05) is 42.5 Å². The monoisotopic (exact) mass is 435 g/mol. The number of nitrogens with zero attached hydrogens (tertiary/aromatic N) is 1. The van der Waals surface area contributed by atoms with E-state index in [0.29, 0.717) is 19.0 Å². The average molecular weight is 435 g/mol. The summed E-state index contributed by atoms with van der Waals surface area (Å²) in [6.07, 6.45) is 1.39. The van der Waals surface area contributed by atoms with E-state index >= 15 is 0 Å². The zero-order valence-electron chi connectivity index (χ0n) is 17.8. The molecule has 3 atom stereocenters. The fraction of sp³-hybridized carbons (Fsp3) is 0.280. The highest BCUT2D eigenvalue weighted by Gasteiger charge is 2.30. The SMILES string of the molecule is CC(CN[C@H](c1cccc(F)c1)[C@H]1CNc2cccnc2O1)c1cccc(CC(=O)O)c1. The number of carboxylic acid groups (broad SMARTS) is 1. The highest BCUT2D eigenvalue weighted by molar-refractivity contribution is 5.70. The fourth-order valence-electron chi connectivity index (χ4n) is 3.97. The normalized spacial score (nSPS) is 16.9. The van der Waals surface area contributed by atoms with Gasteiger partial charge in [0.15, 0.2) is 0 Å². The second-order valence-corrected chi connectivity index (χ2v) is 8.05. The van der Waals surface area contributed by atoms with E-state index in [4.69, 9.17) is 9.84 Å². The van der Waals surface area contributed by atoms with Gasteiger partial charge in [-0.3, -0.25) is 4.79 Å². The number of hydrogen-bond acceptors (Lipinski definition) is 5. The van der Waals surface area contributed by atoms with Crippen LogP contribution in [0.15, 0.2) is 66.9 Å². The number of carboxylic acids is 1. The van der Waals surface area contributed by atoms with Crippen LogP contribution in [0.5, 0.6) is 5.88 Å². The fourth-order valence-corrected chi connectivity index (χ4v) is 3.97. The van der Waals surface area contributed by atoms with Gasteiger partial charge in [0.2, 0.25) is 5.88 Å². The van der Waals surface area contributed by atoms with Gasteiger partial charge in [0, 0.05) is 12.7 Å². The predicted octanol–water partition coefficient (Wildman–Crippen LogP) is 4.16. The van der Waals surface area contributed by atoms with Crippen LogP contribution in [0.25, 0.3) is 0 Å². The third kappa shape index (κ3) is 5.23. The third-order valence-electron chi connectivity index (χ3n) is 5.63. The van der Waals surface area contributed by atoms with Crippen molar-refractivity contribution in [1.82, 2.24) is 10.3 Å². The Kier molecular flexibility index (Phi) is 6.66. The van der Waals surface area contributed by atoms with Gasteiger partial charge >= 0.3 is 5.97 Å². The number of rotatable bonds is 8. The lowest BCUT2D eigenvalue weighted by Gasteiger charge is -2.33. The number of benzene rings is 2. The van der Waals surface area contributed by atoms with E-state index in [1.165, 1.54) is 12.1 Å². The number of aromatic nitrogens is 1. The van der Waals surface area contributed by atoms with Gasteiger partial charge in [-0.15, -0.1) is 0 Å². The quantitative estimate of drug-likeness (QED) is 0.493. The second-order valence-electron chi connectivity index (χ2n) is 8.05. The van der Waals surface area contributed by atoms with Crippen molar-refractivity contribution >= 4 is 11.7 Å². The van der Waals surface area contributed by atoms with Crippen LogP contribution >= 0.6 is 0 Å². The molecule has 4 rings (SSSR count). The van der Waals surface area contributed by atoms with E-state index in [1.54, 1.807) is 12.3 Å². The Morgan fingerprint density at radius 3 is 2.84 bits per heavy atom. The number of fused-ring (bicyclic) bond motifs is 1. The highest BCUT2D eigenvalue weighted by atomic mass is 19.1. The van der Waals surface area contributed by atoms with E-state index in [0.717, 1.165) is 22.4 Å². The molecule has 3 N–H and O–H groups in total. The van der Waals surface area contributed by atoms with Crippen molar-refractivity contribution in [2.45, 2.75) is 31.4 Å². The van der Waals surface area contributed by atoms with Crippen LogP contribution in [0, 0.1) is 5.82 Å². The Hall–Kier alpha value is -3.45. The van der Waals surface area contributed by atoms with Crippen molar-refractivity contribution in [3.8, 4) is 5.88 Å². The van der Waals surface area contributed by atoms with Crippen LogP contribution in [-0.2, 0) is 11.2 Å². The summed E-state index contributed by atoms with van der Waals surface area (Å²) >= 11 is 0. The minimum Gasteiger partial charge on any atom is -0.481 e. The van der Waals surface area contributed by atoms with E-state index in [9.17, 15) is 9.18 Å². The molecule has 166 valence electrons. The molecule has 1 unspecified atom stereocenters. The van der Waals surface area contributed by atoms with Gasteiger partial charge in [-0.05, 0) is 46.9 Å². The van der Waals surface area contributed by atoms with Gasteiger partial charge < -0.3 is 20.5 Å². The molecule has 2 aromatic carbocycles. The Bertz CT molecular complexity index is 1090. The molecule has 0 spiro atoms. The zero-order chi connectivity index (χ0) is 22.5. The minimum atomic E-state index is -0.852. The van der Waals surface area contributed by atoms with Crippen LogP contribution in [-0.4, -0.2) is 35.3 Å². The molecule has 0 fully saturated rings. The molecule has 6 nitrogen and oxygen atoms in total. The maximum atomic E-state index is 14.0. The maximum Gasteiger partial charge on any atom is 0.307 e. The molecule has 3 aromatic rings. The van der Waals surface area contributed by atoms with Crippen molar-refractivity contribution in [3.05, 3.63) is 89.4 Å². The lowest BCUT2D eigenvalue weighted by molar-refractivity contribution is -0.136. The Morgan fingerprint density at radius 2 is 2.03 bits per heavy atom. The average Bonchev–Trinajstić information content (AvgIpc) is 2.79. The number of nitrogens with one attached hydrogen (secondary N) is 2.